The van der Waals surface area contributed by atoms with Gasteiger partial charge in [0.25, 0.3) is 0 Å². The summed E-state index contributed by atoms with van der Waals surface area (Å²) >= 11 is 0. The monoisotopic (exact) mass is 371 g/mol. The van der Waals surface area contributed by atoms with E-state index in [9.17, 15) is 4.79 Å². The summed E-state index contributed by atoms with van der Waals surface area (Å²) in [4.78, 5) is 18.8. The van der Waals surface area contributed by atoms with Gasteiger partial charge < -0.3 is 10.3 Å². The minimum Gasteiger partial charge on any atom is -0.361 e. The lowest BCUT2D eigenvalue weighted by atomic mass is 9.79. The second-order valence-corrected chi connectivity index (χ2v) is 8.07. The molecule has 2 heterocycles. The highest BCUT2D eigenvalue weighted by Crippen LogP contribution is 2.40. The van der Waals surface area contributed by atoms with Crippen molar-refractivity contribution in [3.05, 3.63) is 77.5 Å². The average molecular weight is 371 g/mol. The van der Waals surface area contributed by atoms with E-state index < -0.39 is 0 Å². The van der Waals surface area contributed by atoms with E-state index in [4.69, 9.17) is 0 Å². The van der Waals surface area contributed by atoms with E-state index in [0.29, 0.717) is 6.04 Å². The van der Waals surface area contributed by atoms with E-state index in [-0.39, 0.29) is 17.9 Å². The molecule has 2 N–H and O–H groups in total. The van der Waals surface area contributed by atoms with Crippen molar-refractivity contribution in [3.63, 3.8) is 0 Å². The first-order valence-electron chi connectivity index (χ1n) is 9.98. The Labute approximate surface area is 165 Å². The minimum atomic E-state index is -0.141. The van der Waals surface area contributed by atoms with Crippen molar-refractivity contribution >= 4 is 22.4 Å². The Morgan fingerprint density at radius 1 is 1.18 bits per heavy atom. The lowest BCUT2D eigenvalue weighted by Crippen LogP contribution is -2.46. The number of carbonyl (C=O) groups is 1. The molecule has 1 aromatic heterocycles. The van der Waals surface area contributed by atoms with Crippen LogP contribution < -0.4 is 5.32 Å². The van der Waals surface area contributed by atoms with Gasteiger partial charge in [0.1, 0.15) is 0 Å². The van der Waals surface area contributed by atoms with E-state index in [1.165, 1.54) is 27.6 Å². The van der Waals surface area contributed by atoms with Gasteiger partial charge in [0.15, 0.2) is 0 Å². The first kappa shape index (κ1) is 17.3. The molecule has 0 fully saturated rings. The first-order chi connectivity index (χ1) is 13.6. The van der Waals surface area contributed by atoms with Crippen LogP contribution in [0.25, 0.3) is 16.5 Å². The van der Waals surface area contributed by atoms with Crippen LogP contribution >= 0.6 is 0 Å². The number of aromatic nitrogens is 1. The van der Waals surface area contributed by atoms with Gasteiger partial charge in [-0.15, -0.1) is 0 Å². The fourth-order valence-electron chi connectivity index (χ4n) is 4.76. The normalized spacial score (nSPS) is 22.4. The molecule has 0 radical (unpaired) electrons. The highest BCUT2D eigenvalue weighted by atomic mass is 16.2. The molecule has 1 aliphatic heterocycles. The summed E-state index contributed by atoms with van der Waals surface area (Å²) in [7, 11) is 2.14. The second-order valence-electron chi connectivity index (χ2n) is 8.07. The largest absolute Gasteiger partial charge is 0.361 e. The maximum atomic E-state index is 13.1. The molecule has 5 rings (SSSR count). The number of benzene rings is 2. The van der Waals surface area contributed by atoms with Crippen LogP contribution in [0.5, 0.6) is 0 Å². The Hall–Kier alpha value is -2.85. The number of carbonyl (C=O) groups excluding carboxylic acids is 1. The van der Waals surface area contributed by atoms with Gasteiger partial charge in [0.05, 0.1) is 12.0 Å². The third-order valence-corrected chi connectivity index (χ3v) is 6.26. The molecule has 1 unspecified atom stereocenters. The smallest absolute Gasteiger partial charge is 0.228 e. The average Bonchev–Trinajstić information content (AvgIpc) is 3.13. The van der Waals surface area contributed by atoms with Crippen LogP contribution in [-0.4, -0.2) is 35.4 Å². The van der Waals surface area contributed by atoms with Crippen molar-refractivity contribution in [3.8, 4) is 0 Å². The standard InChI is InChI=1S/C24H25N3O/c1-15(16-7-4-3-5-8-16)26-24(28)18-11-20-19-9-6-10-21-23(19)17(13-25-21)12-22(20)27(2)14-18/h3-11,13,15,18,22,25H,12,14H2,1-2H3,(H,26,28)/t15?,18-,22-/m1/s1. The molecule has 2 aliphatic rings. The summed E-state index contributed by atoms with van der Waals surface area (Å²) in [5, 5.41) is 4.52. The molecule has 3 atom stereocenters. The molecule has 1 amide bonds. The van der Waals surface area contributed by atoms with Gasteiger partial charge in [-0.25, -0.2) is 0 Å². The summed E-state index contributed by atoms with van der Waals surface area (Å²) in [6.07, 6.45) is 5.34. The van der Waals surface area contributed by atoms with Gasteiger partial charge in [-0.2, -0.15) is 0 Å². The fourth-order valence-corrected chi connectivity index (χ4v) is 4.76. The molecule has 0 saturated heterocycles. The summed E-state index contributed by atoms with van der Waals surface area (Å²) in [6.45, 7) is 2.79. The topological polar surface area (TPSA) is 48.1 Å². The van der Waals surface area contributed by atoms with E-state index in [0.717, 1.165) is 18.5 Å². The van der Waals surface area contributed by atoms with Crippen molar-refractivity contribution in [2.45, 2.75) is 25.4 Å². The molecule has 3 aromatic rings. The molecule has 0 spiro atoms. The predicted octanol–water partition coefficient (Wildman–Crippen LogP) is 3.92. The van der Waals surface area contributed by atoms with Crippen LogP contribution in [0.15, 0.2) is 60.8 Å². The Balaban J connectivity index is 1.46. The van der Waals surface area contributed by atoms with Crippen LogP contribution in [0.4, 0.5) is 0 Å². The van der Waals surface area contributed by atoms with Gasteiger partial charge in [0.2, 0.25) is 5.91 Å². The number of hydrogen-bond donors (Lipinski definition) is 2. The number of rotatable bonds is 3. The maximum Gasteiger partial charge on any atom is 0.228 e. The van der Waals surface area contributed by atoms with Gasteiger partial charge in [0, 0.05) is 29.7 Å². The molecule has 142 valence electrons. The summed E-state index contributed by atoms with van der Waals surface area (Å²) in [5.74, 6) is -0.0423. The van der Waals surface area contributed by atoms with Crippen molar-refractivity contribution < 1.29 is 4.79 Å². The van der Waals surface area contributed by atoms with Crippen molar-refractivity contribution in [1.29, 1.82) is 0 Å². The molecular weight excluding hydrogens is 346 g/mol. The van der Waals surface area contributed by atoms with Crippen LogP contribution in [-0.2, 0) is 11.2 Å². The zero-order chi connectivity index (χ0) is 19.3. The molecule has 4 heteroatoms. The molecule has 0 bridgehead atoms. The fraction of sp³-hybridized carbons (Fsp3) is 0.292. The Bertz CT molecular complexity index is 1070. The summed E-state index contributed by atoms with van der Waals surface area (Å²) in [6, 6.07) is 16.9. The number of amides is 1. The molecule has 1 aliphatic carbocycles. The van der Waals surface area contributed by atoms with Crippen molar-refractivity contribution in [2.75, 3.05) is 13.6 Å². The summed E-state index contributed by atoms with van der Waals surface area (Å²) in [5.41, 5.74) is 6.24. The van der Waals surface area contributed by atoms with Gasteiger partial charge >= 0.3 is 0 Å². The number of H-pyrrole nitrogens is 1. The number of fused-ring (bicyclic) bond motifs is 2. The van der Waals surface area contributed by atoms with E-state index in [1.807, 2.05) is 25.1 Å². The first-order valence-corrected chi connectivity index (χ1v) is 9.98. The number of hydrogen-bond acceptors (Lipinski definition) is 2. The van der Waals surface area contributed by atoms with Crippen LogP contribution in [0.2, 0.25) is 0 Å². The molecule has 0 saturated carbocycles. The lowest BCUT2D eigenvalue weighted by Gasteiger charge is -2.39. The van der Waals surface area contributed by atoms with Gasteiger partial charge in [-0.1, -0.05) is 48.5 Å². The second kappa shape index (κ2) is 6.64. The third-order valence-electron chi connectivity index (χ3n) is 6.26. The zero-order valence-electron chi connectivity index (χ0n) is 16.3. The molecule has 28 heavy (non-hydrogen) atoms. The van der Waals surface area contributed by atoms with E-state index in [1.54, 1.807) is 0 Å². The third kappa shape index (κ3) is 2.76. The van der Waals surface area contributed by atoms with Gasteiger partial charge in [-0.05, 0) is 48.7 Å². The minimum absolute atomic E-state index is 0.00111. The highest BCUT2D eigenvalue weighted by Gasteiger charge is 2.35. The van der Waals surface area contributed by atoms with Gasteiger partial charge in [-0.3, -0.25) is 9.69 Å². The molecule has 2 aromatic carbocycles. The molecular formula is C24H25N3O. The Morgan fingerprint density at radius 2 is 2.00 bits per heavy atom. The predicted molar refractivity (Wildman–Crippen MR) is 113 cm³/mol. The van der Waals surface area contributed by atoms with Crippen LogP contribution in [0.3, 0.4) is 0 Å². The van der Waals surface area contributed by atoms with E-state index >= 15 is 0 Å². The van der Waals surface area contributed by atoms with E-state index in [2.05, 4.69) is 64.9 Å². The number of aromatic amines is 1. The SMILES string of the molecule is CC(NC(=O)[C@@H]1C=C2c3cccc4[nH]cc(c34)C[C@H]2N(C)C1)c1ccccc1. The van der Waals surface area contributed by atoms with Crippen LogP contribution in [0.1, 0.15) is 29.7 Å². The zero-order valence-corrected chi connectivity index (χ0v) is 16.3. The highest BCUT2D eigenvalue weighted by molar-refractivity contribution is 5.99. The quantitative estimate of drug-likeness (QED) is 0.733. The number of nitrogens with zero attached hydrogens (tertiary/aromatic N) is 1. The Morgan fingerprint density at radius 3 is 2.82 bits per heavy atom. The maximum absolute atomic E-state index is 13.1. The Kier molecular flexibility index (Phi) is 4.09. The van der Waals surface area contributed by atoms with Crippen LogP contribution in [0, 0.1) is 5.92 Å². The number of likely N-dealkylation sites (N-methyl/N-ethyl adjacent to an activating group) is 1. The lowest BCUT2D eigenvalue weighted by molar-refractivity contribution is -0.125. The summed E-state index contributed by atoms with van der Waals surface area (Å²) < 4.78 is 0. The molecule has 4 nitrogen and oxygen atoms in total. The van der Waals surface area contributed by atoms with Crippen molar-refractivity contribution in [1.82, 2.24) is 15.2 Å². The number of nitrogens with one attached hydrogen (secondary N) is 2. The van der Waals surface area contributed by atoms with Crippen molar-refractivity contribution in [2.24, 2.45) is 5.92 Å².